The van der Waals surface area contributed by atoms with Crippen molar-refractivity contribution in [2.45, 2.75) is 20.3 Å². The van der Waals surface area contributed by atoms with Crippen molar-refractivity contribution in [2.24, 2.45) is 0 Å². The fourth-order valence-electron chi connectivity index (χ4n) is 1.80. The van der Waals surface area contributed by atoms with E-state index in [0.717, 1.165) is 16.6 Å². The van der Waals surface area contributed by atoms with E-state index in [-0.39, 0.29) is 12.5 Å². The molecule has 0 unspecified atom stereocenters. The molecule has 5 heteroatoms. The first-order chi connectivity index (χ1) is 9.13. The maximum absolute atomic E-state index is 11.6. The number of esters is 1. The molecule has 102 valence electrons. The van der Waals surface area contributed by atoms with Crippen LogP contribution in [0.2, 0.25) is 0 Å². The van der Waals surface area contributed by atoms with Crippen LogP contribution in [0.5, 0.6) is 0 Å². The van der Waals surface area contributed by atoms with Gasteiger partial charge in [0.15, 0.2) is 0 Å². The smallest absolute Gasteiger partial charge is 0.325 e. The summed E-state index contributed by atoms with van der Waals surface area (Å²) in [6.45, 7) is 5.03. The first-order valence-corrected chi connectivity index (χ1v) is 7.02. The standard InChI is InChI=1S/C14H17BrN2O2/c1-3-8-17(10-14(18)19-4-2)13-7-5-6-12(15)11(13)9-16/h5-7H,3-4,8,10H2,1-2H3. The van der Waals surface area contributed by atoms with Crippen molar-refractivity contribution >= 4 is 27.6 Å². The van der Waals surface area contributed by atoms with Crippen LogP contribution in [0.3, 0.4) is 0 Å². The van der Waals surface area contributed by atoms with E-state index in [9.17, 15) is 10.1 Å². The van der Waals surface area contributed by atoms with Crippen molar-refractivity contribution in [3.63, 3.8) is 0 Å². The normalized spacial score (nSPS) is 9.79. The highest BCUT2D eigenvalue weighted by Crippen LogP contribution is 2.27. The van der Waals surface area contributed by atoms with Crippen LogP contribution in [-0.2, 0) is 9.53 Å². The Morgan fingerprint density at radius 3 is 2.79 bits per heavy atom. The first kappa shape index (κ1) is 15.5. The van der Waals surface area contributed by atoms with Gasteiger partial charge in [-0.15, -0.1) is 0 Å². The molecule has 0 saturated heterocycles. The zero-order valence-electron chi connectivity index (χ0n) is 11.1. The van der Waals surface area contributed by atoms with Crippen LogP contribution in [0.1, 0.15) is 25.8 Å². The highest BCUT2D eigenvalue weighted by molar-refractivity contribution is 9.10. The summed E-state index contributed by atoms with van der Waals surface area (Å²) >= 11 is 3.36. The fourth-order valence-corrected chi connectivity index (χ4v) is 2.25. The molecular formula is C14H17BrN2O2. The number of benzene rings is 1. The van der Waals surface area contributed by atoms with Crippen LogP contribution in [0.4, 0.5) is 5.69 Å². The number of nitrogens with zero attached hydrogens (tertiary/aromatic N) is 2. The Kier molecular flexibility index (Phi) is 6.37. The minimum atomic E-state index is -0.278. The van der Waals surface area contributed by atoms with Gasteiger partial charge in [0.05, 0.1) is 17.9 Å². The number of carbonyl (C=O) groups is 1. The fraction of sp³-hybridized carbons (Fsp3) is 0.429. The zero-order chi connectivity index (χ0) is 14.3. The van der Waals surface area contributed by atoms with Crippen LogP contribution >= 0.6 is 15.9 Å². The van der Waals surface area contributed by atoms with E-state index in [0.29, 0.717) is 18.7 Å². The Morgan fingerprint density at radius 1 is 1.47 bits per heavy atom. The van der Waals surface area contributed by atoms with E-state index < -0.39 is 0 Å². The molecule has 0 bridgehead atoms. The Balaban J connectivity index is 3.02. The molecule has 1 rings (SSSR count). The second kappa shape index (κ2) is 7.80. The number of rotatable bonds is 6. The van der Waals surface area contributed by atoms with E-state index >= 15 is 0 Å². The van der Waals surface area contributed by atoms with Gasteiger partial charge in [0.2, 0.25) is 0 Å². The summed E-state index contributed by atoms with van der Waals surface area (Å²) in [5, 5.41) is 9.23. The average Bonchev–Trinajstić information content (AvgIpc) is 2.38. The lowest BCUT2D eigenvalue weighted by atomic mass is 10.1. The topological polar surface area (TPSA) is 53.3 Å². The molecule has 0 atom stereocenters. The molecule has 0 saturated carbocycles. The van der Waals surface area contributed by atoms with E-state index in [4.69, 9.17) is 4.74 Å². The average molecular weight is 325 g/mol. The number of halogens is 1. The van der Waals surface area contributed by atoms with Crippen LogP contribution in [0.25, 0.3) is 0 Å². The van der Waals surface area contributed by atoms with Crippen LogP contribution in [0, 0.1) is 11.3 Å². The number of nitriles is 1. The summed E-state index contributed by atoms with van der Waals surface area (Å²) in [5.74, 6) is -0.278. The van der Waals surface area contributed by atoms with Gasteiger partial charge in [0.1, 0.15) is 12.6 Å². The molecule has 1 aromatic carbocycles. The summed E-state index contributed by atoms with van der Waals surface area (Å²) in [6, 6.07) is 7.68. The van der Waals surface area contributed by atoms with E-state index in [1.54, 1.807) is 6.92 Å². The Bertz CT molecular complexity index is 483. The SMILES string of the molecule is CCCN(CC(=O)OCC)c1cccc(Br)c1C#N. The first-order valence-electron chi connectivity index (χ1n) is 6.23. The molecule has 0 radical (unpaired) electrons. The number of anilines is 1. The summed E-state index contributed by atoms with van der Waals surface area (Å²) in [6.07, 6.45) is 0.886. The van der Waals surface area contributed by atoms with E-state index in [1.165, 1.54) is 0 Å². The Morgan fingerprint density at radius 2 is 2.21 bits per heavy atom. The molecule has 1 aromatic rings. The van der Waals surface area contributed by atoms with Gasteiger partial charge in [-0.25, -0.2) is 0 Å². The molecule has 0 fully saturated rings. The number of ether oxygens (including phenoxy) is 1. The monoisotopic (exact) mass is 324 g/mol. The maximum Gasteiger partial charge on any atom is 0.325 e. The summed E-state index contributed by atoms with van der Waals surface area (Å²) in [4.78, 5) is 13.5. The van der Waals surface area contributed by atoms with Crippen molar-refractivity contribution in [2.75, 3.05) is 24.6 Å². The molecule has 0 spiro atoms. The van der Waals surface area contributed by atoms with Crippen LogP contribution in [-0.4, -0.2) is 25.7 Å². The molecule has 4 nitrogen and oxygen atoms in total. The second-order valence-corrected chi connectivity index (χ2v) is 4.83. The van der Waals surface area contributed by atoms with Gasteiger partial charge >= 0.3 is 5.97 Å². The molecule has 0 aliphatic heterocycles. The lowest BCUT2D eigenvalue weighted by Gasteiger charge is -2.24. The van der Waals surface area contributed by atoms with Crippen molar-refractivity contribution in [3.05, 3.63) is 28.2 Å². The molecule has 0 aliphatic carbocycles. The maximum atomic E-state index is 11.6. The minimum Gasteiger partial charge on any atom is -0.465 e. The van der Waals surface area contributed by atoms with Gasteiger partial charge in [-0.1, -0.05) is 13.0 Å². The molecule has 0 aromatic heterocycles. The molecule has 0 amide bonds. The molecule has 0 N–H and O–H groups in total. The molecule has 19 heavy (non-hydrogen) atoms. The zero-order valence-corrected chi connectivity index (χ0v) is 12.7. The number of hydrogen-bond donors (Lipinski definition) is 0. The number of carbonyl (C=O) groups excluding carboxylic acids is 1. The van der Waals surface area contributed by atoms with Gasteiger partial charge in [-0.3, -0.25) is 4.79 Å². The molecular weight excluding hydrogens is 308 g/mol. The second-order valence-electron chi connectivity index (χ2n) is 3.97. The Hall–Kier alpha value is -1.54. The van der Waals surface area contributed by atoms with Gasteiger partial charge < -0.3 is 9.64 Å². The predicted molar refractivity (Wildman–Crippen MR) is 78.0 cm³/mol. The van der Waals surface area contributed by atoms with E-state index in [2.05, 4.69) is 22.0 Å². The third-order valence-corrected chi connectivity index (χ3v) is 3.22. The highest BCUT2D eigenvalue weighted by Gasteiger charge is 2.16. The van der Waals surface area contributed by atoms with Crippen molar-refractivity contribution < 1.29 is 9.53 Å². The highest BCUT2D eigenvalue weighted by atomic mass is 79.9. The van der Waals surface area contributed by atoms with E-state index in [1.807, 2.05) is 30.0 Å². The van der Waals surface area contributed by atoms with Crippen LogP contribution < -0.4 is 4.90 Å². The van der Waals surface area contributed by atoms with Gasteiger partial charge in [0, 0.05) is 11.0 Å². The van der Waals surface area contributed by atoms with Gasteiger partial charge in [-0.05, 0) is 41.4 Å². The Labute approximate surface area is 122 Å². The lowest BCUT2D eigenvalue weighted by molar-refractivity contribution is -0.141. The summed E-state index contributed by atoms with van der Waals surface area (Å²) in [7, 11) is 0. The van der Waals surface area contributed by atoms with Crippen molar-refractivity contribution in [1.82, 2.24) is 0 Å². The molecule has 0 aliphatic rings. The van der Waals surface area contributed by atoms with Gasteiger partial charge in [-0.2, -0.15) is 5.26 Å². The predicted octanol–water partition coefficient (Wildman–Crippen LogP) is 3.10. The summed E-state index contributed by atoms with van der Waals surface area (Å²) < 4.78 is 5.70. The van der Waals surface area contributed by atoms with Crippen molar-refractivity contribution in [1.29, 1.82) is 5.26 Å². The third kappa shape index (κ3) is 4.25. The summed E-state index contributed by atoms with van der Waals surface area (Å²) in [5.41, 5.74) is 1.30. The number of hydrogen-bond acceptors (Lipinski definition) is 4. The quantitative estimate of drug-likeness (QED) is 0.754. The van der Waals surface area contributed by atoms with Gasteiger partial charge in [0.25, 0.3) is 0 Å². The third-order valence-electron chi connectivity index (χ3n) is 2.56. The molecule has 0 heterocycles. The lowest BCUT2D eigenvalue weighted by Crippen LogP contribution is -2.32. The largest absolute Gasteiger partial charge is 0.465 e. The van der Waals surface area contributed by atoms with Crippen LogP contribution in [0.15, 0.2) is 22.7 Å². The van der Waals surface area contributed by atoms with Crippen molar-refractivity contribution in [3.8, 4) is 6.07 Å². The minimum absolute atomic E-state index is 0.160.